The van der Waals surface area contributed by atoms with E-state index in [9.17, 15) is 4.39 Å². The first-order valence-electron chi connectivity index (χ1n) is 7.42. The van der Waals surface area contributed by atoms with Crippen molar-refractivity contribution < 1.29 is 4.39 Å². The van der Waals surface area contributed by atoms with Crippen molar-refractivity contribution in [3.63, 3.8) is 0 Å². The summed E-state index contributed by atoms with van der Waals surface area (Å²) in [6, 6.07) is 5.26. The molecule has 2 aromatic rings. The molecule has 0 aliphatic heterocycles. The summed E-state index contributed by atoms with van der Waals surface area (Å²) in [4.78, 5) is 0. The molecule has 1 unspecified atom stereocenters. The van der Waals surface area contributed by atoms with Gasteiger partial charge in [-0.25, -0.2) is 4.39 Å². The molecule has 1 aromatic heterocycles. The molecule has 1 heterocycles. The Balaban J connectivity index is 2.37. The fourth-order valence-corrected chi connectivity index (χ4v) is 2.79. The maximum Gasteiger partial charge on any atom is 0.128 e. The summed E-state index contributed by atoms with van der Waals surface area (Å²) >= 11 is 0. The number of hydrogen-bond acceptors (Lipinski definition) is 2. The van der Waals surface area contributed by atoms with Crippen LogP contribution in [0.3, 0.4) is 0 Å². The van der Waals surface area contributed by atoms with E-state index >= 15 is 0 Å². The Morgan fingerprint density at radius 2 is 2.00 bits per heavy atom. The zero-order valence-corrected chi connectivity index (χ0v) is 13.5. The lowest BCUT2D eigenvalue weighted by molar-refractivity contribution is 0.508. The van der Waals surface area contributed by atoms with Crippen molar-refractivity contribution in [1.29, 1.82) is 0 Å². The molecule has 1 atom stereocenters. The highest BCUT2D eigenvalue weighted by molar-refractivity contribution is 5.31. The van der Waals surface area contributed by atoms with Crippen LogP contribution in [0.15, 0.2) is 18.2 Å². The first-order valence-corrected chi connectivity index (χ1v) is 7.42. The van der Waals surface area contributed by atoms with Gasteiger partial charge in [0.05, 0.1) is 5.69 Å². The highest BCUT2D eigenvalue weighted by Crippen LogP contribution is 2.25. The second kappa shape index (κ2) is 6.39. The first kappa shape index (κ1) is 15.7. The molecule has 0 aliphatic carbocycles. The fraction of sp³-hybridized carbons (Fsp3) is 0.471. The Labute approximate surface area is 126 Å². The van der Waals surface area contributed by atoms with Gasteiger partial charge in [0.15, 0.2) is 0 Å². The van der Waals surface area contributed by atoms with Gasteiger partial charge in [0.1, 0.15) is 5.82 Å². The van der Waals surface area contributed by atoms with E-state index in [1.54, 1.807) is 6.07 Å². The standard InChI is InChI=1S/C17H24FN3/c1-6-19-17(15-9-11(2)7-8-16(15)18)10-14-12(3)20-21(5)13(14)4/h7-9,17,19H,6,10H2,1-5H3. The summed E-state index contributed by atoms with van der Waals surface area (Å²) in [6.07, 6.45) is 0.750. The highest BCUT2D eigenvalue weighted by atomic mass is 19.1. The number of nitrogens with one attached hydrogen (secondary N) is 1. The summed E-state index contributed by atoms with van der Waals surface area (Å²) in [5.41, 5.74) is 5.17. The number of benzene rings is 1. The summed E-state index contributed by atoms with van der Waals surface area (Å²) in [5, 5.41) is 7.85. The van der Waals surface area contributed by atoms with Gasteiger partial charge in [0, 0.05) is 24.3 Å². The smallest absolute Gasteiger partial charge is 0.128 e. The predicted molar refractivity (Wildman–Crippen MR) is 83.9 cm³/mol. The SMILES string of the molecule is CCNC(Cc1c(C)nn(C)c1C)c1cc(C)ccc1F. The number of aromatic nitrogens is 2. The van der Waals surface area contributed by atoms with E-state index in [-0.39, 0.29) is 11.9 Å². The largest absolute Gasteiger partial charge is 0.310 e. The Bertz CT molecular complexity index is 631. The number of likely N-dealkylation sites (N-methyl/N-ethyl adjacent to an activating group) is 1. The Hall–Kier alpha value is -1.68. The molecular formula is C17H24FN3. The fourth-order valence-electron chi connectivity index (χ4n) is 2.79. The number of rotatable bonds is 5. The van der Waals surface area contributed by atoms with Crippen LogP contribution >= 0.6 is 0 Å². The van der Waals surface area contributed by atoms with Gasteiger partial charge in [0.2, 0.25) is 0 Å². The van der Waals surface area contributed by atoms with Crippen LogP contribution in [0.4, 0.5) is 4.39 Å². The van der Waals surface area contributed by atoms with Crippen LogP contribution in [0.25, 0.3) is 0 Å². The van der Waals surface area contributed by atoms with Crippen LogP contribution in [0, 0.1) is 26.6 Å². The third kappa shape index (κ3) is 3.32. The van der Waals surface area contributed by atoms with Crippen LogP contribution in [0.2, 0.25) is 0 Å². The van der Waals surface area contributed by atoms with Gasteiger partial charge >= 0.3 is 0 Å². The van der Waals surface area contributed by atoms with Gasteiger partial charge < -0.3 is 5.32 Å². The molecule has 1 N–H and O–H groups in total. The summed E-state index contributed by atoms with van der Waals surface area (Å²) in [5.74, 6) is -0.147. The van der Waals surface area contributed by atoms with E-state index in [1.807, 2.05) is 44.6 Å². The molecule has 0 spiro atoms. The third-order valence-corrected chi connectivity index (χ3v) is 4.04. The van der Waals surface area contributed by atoms with E-state index in [1.165, 1.54) is 5.56 Å². The third-order valence-electron chi connectivity index (χ3n) is 4.04. The molecular weight excluding hydrogens is 265 g/mol. The molecule has 0 fully saturated rings. The van der Waals surface area contributed by atoms with E-state index < -0.39 is 0 Å². The van der Waals surface area contributed by atoms with Crippen molar-refractivity contribution in [3.05, 3.63) is 52.1 Å². The molecule has 1 aromatic carbocycles. The molecule has 0 radical (unpaired) electrons. The van der Waals surface area contributed by atoms with E-state index in [4.69, 9.17) is 0 Å². The van der Waals surface area contributed by atoms with Gasteiger partial charge in [-0.15, -0.1) is 0 Å². The van der Waals surface area contributed by atoms with Crippen LogP contribution in [-0.2, 0) is 13.5 Å². The minimum atomic E-state index is -0.147. The van der Waals surface area contributed by atoms with Gasteiger partial charge in [-0.3, -0.25) is 4.68 Å². The lowest BCUT2D eigenvalue weighted by Gasteiger charge is -2.20. The zero-order chi connectivity index (χ0) is 15.6. The predicted octanol–water partition coefficient (Wildman–Crippen LogP) is 3.38. The van der Waals surface area contributed by atoms with Crippen LogP contribution in [0.1, 0.15) is 41.0 Å². The molecule has 0 bridgehead atoms. The second-order valence-electron chi connectivity index (χ2n) is 5.61. The Morgan fingerprint density at radius 3 is 2.57 bits per heavy atom. The molecule has 21 heavy (non-hydrogen) atoms. The van der Waals surface area contributed by atoms with Gasteiger partial charge in [-0.2, -0.15) is 5.10 Å². The van der Waals surface area contributed by atoms with Crippen molar-refractivity contribution >= 4 is 0 Å². The molecule has 0 saturated carbocycles. The topological polar surface area (TPSA) is 29.9 Å². The van der Waals surface area contributed by atoms with Crippen molar-refractivity contribution in [3.8, 4) is 0 Å². The normalized spacial score (nSPS) is 12.7. The van der Waals surface area contributed by atoms with Crippen molar-refractivity contribution in [2.24, 2.45) is 7.05 Å². The highest BCUT2D eigenvalue weighted by Gasteiger charge is 2.19. The molecule has 2 rings (SSSR count). The number of halogens is 1. The van der Waals surface area contributed by atoms with Crippen LogP contribution < -0.4 is 5.32 Å². The first-order chi connectivity index (χ1) is 9.93. The van der Waals surface area contributed by atoms with E-state index in [0.29, 0.717) is 0 Å². The second-order valence-corrected chi connectivity index (χ2v) is 5.61. The quantitative estimate of drug-likeness (QED) is 0.914. The summed E-state index contributed by atoms with van der Waals surface area (Å²) < 4.78 is 16.1. The minimum absolute atomic E-state index is 0.0310. The van der Waals surface area contributed by atoms with E-state index in [0.717, 1.165) is 35.5 Å². The van der Waals surface area contributed by atoms with Crippen molar-refractivity contribution in [2.45, 2.75) is 40.2 Å². The Morgan fingerprint density at radius 1 is 1.29 bits per heavy atom. The maximum atomic E-state index is 14.2. The van der Waals surface area contributed by atoms with Crippen LogP contribution in [-0.4, -0.2) is 16.3 Å². The van der Waals surface area contributed by atoms with Crippen molar-refractivity contribution in [1.82, 2.24) is 15.1 Å². The summed E-state index contributed by atoms with van der Waals surface area (Å²) in [7, 11) is 1.95. The average Bonchev–Trinajstić information content (AvgIpc) is 2.67. The van der Waals surface area contributed by atoms with Crippen LogP contribution in [0.5, 0.6) is 0 Å². The monoisotopic (exact) mass is 289 g/mol. The number of aryl methyl sites for hydroxylation is 3. The van der Waals surface area contributed by atoms with Gasteiger partial charge in [0.25, 0.3) is 0 Å². The van der Waals surface area contributed by atoms with Gasteiger partial charge in [-0.1, -0.05) is 24.6 Å². The average molecular weight is 289 g/mol. The van der Waals surface area contributed by atoms with E-state index in [2.05, 4.69) is 17.3 Å². The minimum Gasteiger partial charge on any atom is -0.310 e. The molecule has 3 nitrogen and oxygen atoms in total. The molecule has 114 valence electrons. The molecule has 0 saturated heterocycles. The maximum absolute atomic E-state index is 14.2. The lowest BCUT2D eigenvalue weighted by atomic mass is 9.96. The van der Waals surface area contributed by atoms with Gasteiger partial charge in [-0.05, 0) is 45.4 Å². The summed E-state index contributed by atoms with van der Waals surface area (Å²) in [6.45, 7) is 8.91. The number of hydrogen-bond donors (Lipinski definition) is 1. The zero-order valence-electron chi connectivity index (χ0n) is 13.5. The number of nitrogens with zero attached hydrogens (tertiary/aromatic N) is 2. The Kier molecular flexibility index (Phi) is 4.78. The molecule has 0 amide bonds. The van der Waals surface area contributed by atoms with Crippen molar-refractivity contribution in [2.75, 3.05) is 6.54 Å². The molecule has 0 aliphatic rings. The molecule has 4 heteroatoms. The lowest BCUT2D eigenvalue weighted by Crippen LogP contribution is -2.24.